The van der Waals surface area contributed by atoms with Crippen LogP contribution in [0.25, 0.3) is 0 Å². The average molecular weight is 324 g/mol. The summed E-state index contributed by atoms with van der Waals surface area (Å²) in [7, 11) is 0. The van der Waals surface area contributed by atoms with Crippen LogP contribution in [0.2, 0.25) is 0 Å². The molecule has 2 aliphatic rings. The van der Waals surface area contributed by atoms with Crippen molar-refractivity contribution in [2.24, 2.45) is 11.7 Å². The number of nitrogens with zero attached hydrogens (tertiary/aromatic N) is 1. The second-order valence-corrected chi connectivity index (χ2v) is 6.99. The second kappa shape index (κ2) is 6.36. The van der Waals surface area contributed by atoms with Crippen LogP contribution in [0.4, 0.5) is 5.69 Å². The van der Waals surface area contributed by atoms with Crippen LogP contribution in [-0.4, -0.2) is 25.9 Å². The van der Waals surface area contributed by atoms with Gasteiger partial charge in [0.1, 0.15) is 0 Å². The monoisotopic (exact) mass is 324 g/mol. The molecule has 1 saturated heterocycles. The highest BCUT2D eigenvalue weighted by Crippen LogP contribution is 2.36. The molecular weight excluding hydrogens is 300 g/mol. The van der Waals surface area contributed by atoms with Crippen molar-refractivity contribution in [1.29, 1.82) is 0 Å². The number of hydrogen-bond acceptors (Lipinski definition) is 4. The zero-order valence-electron chi connectivity index (χ0n) is 14.1. The van der Waals surface area contributed by atoms with Crippen LogP contribution in [0.15, 0.2) is 42.5 Å². The molecule has 2 aromatic rings. The summed E-state index contributed by atoms with van der Waals surface area (Å²) in [5.41, 5.74) is 10.2. The Morgan fingerprint density at radius 2 is 1.83 bits per heavy atom. The van der Waals surface area contributed by atoms with Gasteiger partial charge in [0.2, 0.25) is 6.79 Å². The van der Waals surface area contributed by atoms with Crippen LogP contribution in [0.5, 0.6) is 11.5 Å². The van der Waals surface area contributed by atoms with Gasteiger partial charge in [0.15, 0.2) is 11.5 Å². The molecule has 0 saturated carbocycles. The minimum absolute atomic E-state index is 0.208. The summed E-state index contributed by atoms with van der Waals surface area (Å²) in [5.74, 6) is 2.24. The first-order valence-electron chi connectivity index (χ1n) is 8.63. The Morgan fingerprint density at radius 3 is 2.67 bits per heavy atom. The number of rotatable bonds is 3. The summed E-state index contributed by atoms with van der Waals surface area (Å²) < 4.78 is 10.9. The van der Waals surface area contributed by atoms with Crippen molar-refractivity contribution in [3.63, 3.8) is 0 Å². The number of anilines is 1. The molecule has 126 valence electrons. The van der Waals surface area contributed by atoms with Gasteiger partial charge >= 0.3 is 0 Å². The topological polar surface area (TPSA) is 47.7 Å². The van der Waals surface area contributed by atoms with Crippen LogP contribution in [0.3, 0.4) is 0 Å². The Bertz CT molecular complexity index is 714. The first-order chi connectivity index (χ1) is 11.7. The van der Waals surface area contributed by atoms with Crippen molar-refractivity contribution in [2.45, 2.75) is 25.8 Å². The predicted octanol–water partition coefficient (Wildman–Crippen LogP) is 3.12. The number of hydrogen-bond donors (Lipinski definition) is 1. The molecule has 2 aromatic carbocycles. The van der Waals surface area contributed by atoms with Gasteiger partial charge in [-0.15, -0.1) is 0 Å². The predicted molar refractivity (Wildman–Crippen MR) is 95.7 cm³/mol. The Labute approximate surface area is 143 Å². The van der Waals surface area contributed by atoms with Gasteiger partial charge in [0, 0.05) is 30.9 Å². The summed E-state index contributed by atoms with van der Waals surface area (Å²) >= 11 is 0. The van der Waals surface area contributed by atoms with Gasteiger partial charge in [-0.05, 0) is 43.4 Å². The molecule has 2 heterocycles. The standard InChI is InChI=1S/C20H24N2O2/c1-14-2-4-15(5-3-14)8-16-9-17(21)12-22(11-16)18-6-7-19-20(10-18)24-13-23-19/h2-7,10,16-17H,8-9,11-13,21H2,1H3. The fourth-order valence-corrected chi connectivity index (χ4v) is 3.74. The number of benzene rings is 2. The number of aryl methyl sites for hydroxylation is 1. The smallest absolute Gasteiger partial charge is 0.231 e. The minimum Gasteiger partial charge on any atom is -0.454 e. The maximum absolute atomic E-state index is 6.35. The molecule has 0 aliphatic carbocycles. The molecule has 0 aromatic heterocycles. The summed E-state index contributed by atoms with van der Waals surface area (Å²) in [6, 6.07) is 15.2. The zero-order valence-corrected chi connectivity index (χ0v) is 14.1. The molecule has 0 bridgehead atoms. The van der Waals surface area contributed by atoms with E-state index in [4.69, 9.17) is 15.2 Å². The van der Waals surface area contributed by atoms with Crippen molar-refractivity contribution in [3.05, 3.63) is 53.6 Å². The molecular formula is C20H24N2O2. The van der Waals surface area contributed by atoms with Gasteiger partial charge in [-0.2, -0.15) is 0 Å². The maximum Gasteiger partial charge on any atom is 0.231 e. The van der Waals surface area contributed by atoms with Crippen molar-refractivity contribution < 1.29 is 9.47 Å². The van der Waals surface area contributed by atoms with Crippen molar-refractivity contribution in [1.82, 2.24) is 0 Å². The number of ether oxygens (including phenoxy) is 2. The Balaban J connectivity index is 1.49. The fraction of sp³-hybridized carbons (Fsp3) is 0.400. The zero-order chi connectivity index (χ0) is 16.5. The van der Waals surface area contributed by atoms with Crippen LogP contribution in [0.1, 0.15) is 17.5 Å². The van der Waals surface area contributed by atoms with E-state index >= 15 is 0 Å². The van der Waals surface area contributed by atoms with Crippen molar-refractivity contribution >= 4 is 5.69 Å². The number of piperidine rings is 1. The number of nitrogens with two attached hydrogens (primary N) is 1. The van der Waals surface area contributed by atoms with Gasteiger partial charge in [0.05, 0.1) is 0 Å². The second-order valence-electron chi connectivity index (χ2n) is 6.99. The van der Waals surface area contributed by atoms with Crippen LogP contribution >= 0.6 is 0 Å². The lowest BCUT2D eigenvalue weighted by atomic mass is 9.88. The van der Waals surface area contributed by atoms with Gasteiger partial charge in [-0.3, -0.25) is 0 Å². The maximum atomic E-state index is 6.35. The Morgan fingerprint density at radius 1 is 1.04 bits per heavy atom. The third kappa shape index (κ3) is 3.20. The van der Waals surface area contributed by atoms with Crippen molar-refractivity contribution in [3.8, 4) is 11.5 Å². The summed E-state index contributed by atoms with van der Waals surface area (Å²) in [5, 5.41) is 0. The summed E-state index contributed by atoms with van der Waals surface area (Å²) in [6.45, 7) is 4.36. The highest BCUT2D eigenvalue weighted by molar-refractivity contribution is 5.57. The molecule has 24 heavy (non-hydrogen) atoms. The molecule has 0 amide bonds. The van der Waals surface area contributed by atoms with E-state index in [0.29, 0.717) is 12.7 Å². The third-order valence-corrected chi connectivity index (χ3v) is 4.94. The molecule has 2 unspecified atom stereocenters. The first kappa shape index (κ1) is 15.3. The van der Waals surface area contributed by atoms with Gasteiger partial charge in [0.25, 0.3) is 0 Å². The van der Waals surface area contributed by atoms with Gasteiger partial charge < -0.3 is 20.1 Å². The highest BCUT2D eigenvalue weighted by Gasteiger charge is 2.26. The van der Waals surface area contributed by atoms with Crippen LogP contribution < -0.4 is 20.1 Å². The lowest BCUT2D eigenvalue weighted by Crippen LogP contribution is -2.47. The fourth-order valence-electron chi connectivity index (χ4n) is 3.74. The molecule has 2 N–H and O–H groups in total. The lowest BCUT2D eigenvalue weighted by molar-refractivity contribution is 0.174. The van der Waals surface area contributed by atoms with E-state index in [2.05, 4.69) is 48.2 Å². The molecule has 2 atom stereocenters. The van der Waals surface area contributed by atoms with Gasteiger partial charge in [-0.1, -0.05) is 29.8 Å². The van der Waals surface area contributed by atoms with Crippen LogP contribution in [-0.2, 0) is 6.42 Å². The van der Waals surface area contributed by atoms with E-state index in [1.807, 2.05) is 6.07 Å². The molecule has 4 nitrogen and oxygen atoms in total. The minimum atomic E-state index is 0.208. The van der Waals surface area contributed by atoms with Crippen LogP contribution in [0, 0.1) is 12.8 Å². The SMILES string of the molecule is Cc1ccc(CC2CC(N)CN(c3ccc4c(c3)OCO4)C2)cc1. The van der Waals surface area contributed by atoms with Gasteiger partial charge in [-0.25, -0.2) is 0 Å². The van der Waals surface area contributed by atoms with E-state index in [1.54, 1.807) is 0 Å². The molecule has 4 heteroatoms. The largest absolute Gasteiger partial charge is 0.454 e. The van der Waals surface area contributed by atoms with E-state index < -0.39 is 0 Å². The van der Waals surface area contributed by atoms with E-state index in [9.17, 15) is 0 Å². The molecule has 0 radical (unpaired) electrons. The highest BCUT2D eigenvalue weighted by atomic mass is 16.7. The average Bonchev–Trinajstić information content (AvgIpc) is 3.04. The Kier molecular flexibility index (Phi) is 4.07. The number of fused-ring (bicyclic) bond motifs is 1. The molecule has 4 rings (SSSR count). The van der Waals surface area contributed by atoms with E-state index in [1.165, 1.54) is 16.8 Å². The molecule has 0 spiro atoms. The van der Waals surface area contributed by atoms with E-state index in [0.717, 1.165) is 37.4 Å². The Hall–Kier alpha value is -2.20. The quantitative estimate of drug-likeness (QED) is 0.942. The first-order valence-corrected chi connectivity index (χ1v) is 8.63. The van der Waals surface area contributed by atoms with E-state index in [-0.39, 0.29) is 6.04 Å². The third-order valence-electron chi connectivity index (χ3n) is 4.94. The summed E-state index contributed by atoms with van der Waals surface area (Å²) in [4.78, 5) is 2.38. The van der Waals surface area contributed by atoms with Crippen molar-refractivity contribution in [2.75, 3.05) is 24.8 Å². The summed E-state index contributed by atoms with van der Waals surface area (Å²) in [6.07, 6.45) is 2.16. The normalized spacial score (nSPS) is 22.7. The molecule has 2 aliphatic heterocycles. The molecule has 1 fully saturated rings. The lowest BCUT2D eigenvalue weighted by Gasteiger charge is -2.38.